The van der Waals surface area contributed by atoms with E-state index in [1.165, 1.54) is 25.3 Å². The van der Waals surface area contributed by atoms with Gasteiger partial charge < -0.3 is 9.47 Å². The molecule has 2 radical (unpaired) electrons. The van der Waals surface area contributed by atoms with E-state index in [0.717, 1.165) is 0 Å². The zero-order valence-electron chi connectivity index (χ0n) is 9.86. The maximum atomic E-state index is 11.5. The van der Waals surface area contributed by atoms with Crippen LogP contribution in [0.3, 0.4) is 0 Å². The van der Waals surface area contributed by atoms with E-state index in [9.17, 15) is 9.59 Å². The van der Waals surface area contributed by atoms with E-state index in [1.54, 1.807) is 6.92 Å². The fourth-order valence-electron chi connectivity index (χ4n) is 1.37. The lowest BCUT2D eigenvalue weighted by atomic mass is 9.94. The van der Waals surface area contributed by atoms with Crippen molar-refractivity contribution < 1.29 is 19.1 Å². The van der Waals surface area contributed by atoms with E-state index in [4.69, 9.17) is 17.3 Å². The van der Waals surface area contributed by atoms with Gasteiger partial charge in [0.15, 0.2) is 5.78 Å². The molecule has 0 saturated carbocycles. The Morgan fingerprint density at radius 2 is 2.06 bits per heavy atom. The van der Waals surface area contributed by atoms with Gasteiger partial charge in [-0.25, -0.2) is 4.79 Å². The van der Waals surface area contributed by atoms with Gasteiger partial charge in [-0.2, -0.15) is 0 Å². The second kappa shape index (κ2) is 6.08. The van der Waals surface area contributed by atoms with Gasteiger partial charge in [0, 0.05) is 0 Å². The molecule has 0 unspecified atom stereocenters. The molecule has 1 aromatic carbocycles. The lowest BCUT2D eigenvalue weighted by Gasteiger charge is -2.09. The standard InChI is InChI=1S/C12H13BO4/c1-3-17-12(15)8-4-5-9(10(14)7-13)11(6-8)16-2/h4-6H,3,7H2,1-2H3. The zero-order chi connectivity index (χ0) is 12.8. The van der Waals surface area contributed by atoms with Crippen LogP contribution in [0.2, 0.25) is 6.32 Å². The van der Waals surface area contributed by atoms with E-state index in [-0.39, 0.29) is 12.1 Å². The molecule has 1 rings (SSSR count). The number of carbonyl (C=O) groups excluding carboxylic acids is 2. The number of carbonyl (C=O) groups is 2. The number of hydrogen-bond donors (Lipinski definition) is 0. The topological polar surface area (TPSA) is 52.6 Å². The number of benzene rings is 1. The Bertz CT molecular complexity index is 429. The van der Waals surface area contributed by atoms with Gasteiger partial charge in [-0.3, -0.25) is 4.79 Å². The van der Waals surface area contributed by atoms with E-state index < -0.39 is 5.97 Å². The first-order valence-electron chi connectivity index (χ1n) is 5.22. The van der Waals surface area contributed by atoms with Gasteiger partial charge in [0.1, 0.15) is 5.75 Å². The van der Waals surface area contributed by atoms with Crippen LogP contribution >= 0.6 is 0 Å². The molecule has 1 aromatic rings. The summed E-state index contributed by atoms with van der Waals surface area (Å²) in [6.45, 7) is 2.02. The molecular weight excluding hydrogens is 219 g/mol. The second-order valence-corrected chi connectivity index (χ2v) is 3.26. The smallest absolute Gasteiger partial charge is 0.338 e. The number of ketones is 1. The predicted octanol–water partition coefficient (Wildman–Crippen LogP) is 1.64. The van der Waals surface area contributed by atoms with Crippen molar-refractivity contribution in [1.82, 2.24) is 0 Å². The summed E-state index contributed by atoms with van der Waals surface area (Å²) in [4.78, 5) is 23.0. The lowest BCUT2D eigenvalue weighted by Crippen LogP contribution is -2.07. The minimum absolute atomic E-state index is 0.102. The van der Waals surface area contributed by atoms with Crippen molar-refractivity contribution in [3.63, 3.8) is 0 Å². The molecule has 0 saturated heterocycles. The highest BCUT2D eigenvalue weighted by Gasteiger charge is 2.14. The van der Waals surface area contributed by atoms with Crippen LogP contribution in [0.25, 0.3) is 0 Å². The van der Waals surface area contributed by atoms with Crippen molar-refractivity contribution in [2.24, 2.45) is 0 Å². The van der Waals surface area contributed by atoms with Gasteiger partial charge in [0.25, 0.3) is 0 Å². The molecule has 0 aromatic heterocycles. The number of ether oxygens (including phenoxy) is 2. The predicted molar refractivity (Wildman–Crippen MR) is 63.8 cm³/mol. The number of hydrogen-bond acceptors (Lipinski definition) is 4. The largest absolute Gasteiger partial charge is 0.496 e. The first-order valence-corrected chi connectivity index (χ1v) is 5.22. The van der Waals surface area contributed by atoms with Crippen molar-refractivity contribution in [1.29, 1.82) is 0 Å². The summed E-state index contributed by atoms with van der Waals surface area (Å²) in [5.74, 6) is -0.360. The summed E-state index contributed by atoms with van der Waals surface area (Å²) >= 11 is 0. The van der Waals surface area contributed by atoms with Crippen LogP contribution in [0.4, 0.5) is 0 Å². The third-order valence-corrected chi connectivity index (χ3v) is 2.20. The van der Waals surface area contributed by atoms with Crippen molar-refractivity contribution >= 4 is 19.6 Å². The molecule has 0 aliphatic rings. The second-order valence-electron chi connectivity index (χ2n) is 3.26. The quantitative estimate of drug-likeness (QED) is 0.440. The summed E-state index contributed by atoms with van der Waals surface area (Å²) in [5, 5.41) is 0. The summed E-state index contributed by atoms with van der Waals surface area (Å²) < 4.78 is 9.90. The van der Waals surface area contributed by atoms with Gasteiger partial charge >= 0.3 is 5.97 Å². The lowest BCUT2D eigenvalue weighted by molar-refractivity contribution is 0.0525. The molecule has 0 fully saturated rings. The summed E-state index contributed by atoms with van der Waals surface area (Å²) in [6.07, 6.45) is -0.102. The normalized spacial score (nSPS) is 9.76. The third-order valence-electron chi connectivity index (χ3n) is 2.20. The average Bonchev–Trinajstić information content (AvgIpc) is 2.37. The molecule has 0 atom stereocenters. The van der Waals surface area contributed by atoms with Crippen molar-refractivity contribution in [2.75, 3.05) is 13.7 Å². The van der Waals surface area contributed by atoms with Gasteiger partial charge in [0.05, 0.1) is 32.7 Å². The molecule has 0 amide bonds. The zero-order valence-corrected chi connectivity index (χ0v) is 9.86. The highest BCUT2D eigenvalue weighted by atomic mass is 16.5. The van der Waals surface area contributed by atoms with Crippen LogP contribution in [0, 0.1) is 0 Å². The van der Waals surface area contributed by atoms with Gasteiger partial charge in [0.2, 0.25) is 0 Å². The van der Waals surface area contributed by atoms with Gasteiger partial charge in [-0.15, -0.1) is 0 Å². The van der Waals surface area contributed by atoms with Crippen LogP contribution in [0.1, 0.15) is 27.6 Å². The maximum absolute atomic E-state index is 11.5. The molecular formula is C12H13BO4. The van der Waals surface area contributed by atoms with Crippen molar-refractivity contribution in [2.45, 2.75) is 13.2 Å². The minimum Gasteiger partial charge on any atom is -0.496 e. The molecule has 88 valence electrons. The highest BCUT2D eigenvalue weighted by Crippen LogP contribution is 2.22. The van der Waals surface area contributed by atoms with Crippen LogP contribution in [0.15, 0.2) is 18.2 Å². The van der Waals surface area contributed by atoms with Crippen LogP contribution in [-0.4, -0.2) is 33.3 Å². The Balaban J connectivity index is 3.08. The number of methoxy groups -OCH3 is 1. The Morgan fingerprint density at radius 1 is 1.35 bits per heavy atom. The summed E-state index contributed by atoms with van der Waals surface area (Å²) in [5.41, 5.74) is 0.709. The maximum Gasteiger partial charge on any atom is 0.338 e. The van der Waals surface area contributed by atoms with E-state index in [2.05, 4.69) is 0 Å². The van der Waals surface area contributed by atoms with Crippen LogP contribution < -0.4 is 4.74 Å². The molecule has 4 nitrogen and oxygen atoms in total. The molecule has 0 heterocycles. The molecule has 0 N–H and O–H groups in total. The summed E-state index contributed by atoms with van der Waals surface area (Å²) in [6, 6.07) is 4.50. The molecule has 0 aliphatic carbocycles. The minimum atomic E-state index is -0.447. The fraction of sp³-hybridized carbons (Fsp3) is 0.333. The van der Waals surface area contributed by atoms with Crippen LogP contribution in [0.5, 0.6) is 5.75 Å². The Morgan fingerprint density at radius 3 is 2.59 bits per heavy atom. The number of rotatable bonds is 5. The highest BCUT2D eigenvalue weighted by molar-refractivity contribution is 6.24. The van der Waals surface area contributed by atoms with Crippen molar-refractivity contribution in [3.8, 4) is 5.75 Å². The van der Waals surface area contributed by atoms with Crippen molar-refractivity contribution in [3.05, 3.63) is 29.3 Å². The van der Waals surface area contributed by atoms with E-state index in [1.807, 2.05) is 0 Å². The Hall–Kier alpha value is -1.78. The molecule has 0 bridgehead atoms. The molecule has 5 heteroatoms. The molecule has 0 aliphatic heterocycles. The monoisotopic (exact) mass is 232 g/mol. The molecule has 17 heavy (non-hydrogen) atoms. The summed E-state index contributed by atoms with van der Waals surface area (Å²) in [7, 11) is 6.70. The number of esters is 1. The van der Waals surface area contributed by atoms with E-state index >= 15 is 0 Å². The Labute approximate surface area is 101 Å². The first kappa shape index (κ1) is 13.3. The number of Topliss-reactive ketones (excluding diaryl/α,β-unsaturated/α-hetero) is 1. The fourth-order valence-corrected chi connectivity index (χ4v) is 1.37. The third kappa shape index (κ3) is 3.09. The molecule has 0 spiro atoms. The van der Waals surface area contributed by atoms with Gasteiger partial charge in [-0.1, -0.05) is 0 Å². The first-order chi connectivity index (χ1) is 8.13. The SMILES string of the molecule is [B]CC(=O)c1ccc(C(=O)OCC)cc1OC. The average molecular weight is 232 g/mol. The van der Waals surface area contributed by atoms with Crippen LogP contribution in [-0.2, 0) is 4.74 Å². The van der Waals surface area contributed by atoms with E-state index in [0.29, 0.717) is 23.5 Å². The Kier molecular flexibility index (Phi) is 4.76. The van der Waals surface area contributed by atoms with Gasteiger partial charge in [-0.05, 0) is 31.4 Å².